The second-order valence-electron chi connectivity index (χ2n) is 5.11. The fourth-order valence-electron chi connectivity index (χ4n) is 1.69. The summed E-state index contributed by atoms with van der Waals surface area (Å²) in [6.45, 7) is 3.98. The van der Waals surface area contributed by atoms with Gasteiger partial charge >= 0.3 is 0 Å². The molecule has 0 saturated carbocycles. The second-order valence-corrected chi connectivity index (χ2v) is 7.10. The van der Waals surface area contributed by atoms with Crippen LogP contribution in [0.4, 0.5) is 0 Å². The van der Waals surface area contributed by atoms with Gasteiger partial charge in [0.2, 0.25) is 0 Å². The molecule has 2 aromatic rings. The molecule has 1 aromatic carbocycles. The van der Waals surface area contributed by atoms with Gasteiger partial charge in [0.1, 0.15) is 5.52 Å². The minimum Gasteiger partial charge on any atom is -0.443 e. The molecular formula is C12H16N2O3S. The van der Waals surface area contributed by atoms with Gasteiger partial charge in [0.15, 0.2) is 21.8 Å². The number of oxazole rings is 1. The van der Waals surface area contributed by atoms with Crippen LogP contribution < -0.4 is 5.73 Å². The number of aromatic nitrogens is 1. The van der Waals surface area contributed by atoms with E-state index in [0.717, 1.165) is 0 Å². The van der Waals surface area contributed by atoms with Crippen LogP contribution in [0.5, 0.6) is 0 Å². The lowest BCUT2D eigenvalue weighted by Crippen LogP contribution is -2.31. The van der Waals surface area contributed by atoms with E-state index in [1.54, 1.807) is 12.1 Å². The van der Waals surface area contributed by atoms with E-state index in [4.69, 9.17) is 10.2 Å². The summed E-state index contributed by atoms with van der Waals surface area (Å²) in [5, 5.41) is 0. The molecule has 0 spiro atoms. The fourth-order valence-corrected chi connectivity index (χ4v) is 3.56. The third-order valence-corrected chi connectivity index (χ3v) is 4.93. The summed E-state index contributed by atoms with van der Waals surface area (Å²) < 4.78 is 29.6. The summed E-state index contributed by atoms with van der Waals surface area (Å²) >= 11 is 0. The quantitative estimate of drug-likeness (QED) is 0.909. The van der Waals surface area contributed by atoms with Crippen LogP contribution in [0.2, 0.25) is 0 Å². The highest BCUT2D eigenvalue weighted by atomic mass is 32.2. The van der Waals surface area contributed by atoms with Gasteiger partial charge in [-0.25, -0.2) is 13.4 Å². The van der Waals surface area contributed by atoms with E-state index in [-0.39, 0.29) is 10.6 Å². The van der Waals surface area contributed by atoms with Gasteiger partial charge in [-0.3, -0.25) is 0 Å². The topological polar surface area (TPSA) is 86.2 Å². The first kappa shape index (κ1) is 13.0. The monoisotopic (exact) mass is 268 g/mol. The van der Waals surface area contributed by atoms with Gasteiger partial charge < -0.3 is 10.2 Å². The molecule has 1 heterocycles. The van der Waals surface area contributed by atoms with Crippen LogP contribution in [0.15, 0.2) is 33.9 Å². The first-order valence-corrected chi connectivity index (χ1v) is 7.25. The van der Waals surface area contributed by atoms with Gasteiger partial charge in [-0.2, -0.15) is 0 Å². The third-order valence-electron chi connectivity index (χ3n) is 2.80. The molecule has 18 heavy (non-hydrogen) atoms. The minimum atomic E-state index is -3.37. The summed E-state index contributed by atoms with van der Waals surface area (Å²) in [4.78, 5) is 4.19. The van der Waals surface area contributed by atoms with Crippen molar-refractivity contribution in [3.8, 4) is 0 Å². The molecule has 0 amide bonds. The van der Waals surface area contributed by atoms with Crippen molar-refractivity contribution in [2.75, 3.05) is 12.3 Å². The van der Waals surface area contributed by atoms with Gasteiger partial charge in [-0.05, 0) is 24.1 Å². The van der Waals surface area contributed by atoms with E-state index in [2.05, 4.69) is 4.98 Å². The molecule has 0 fully saturated rings. The molecule has 0 saturated heterocycles. The average Bonchev–Trinajstić information content (AvgIpc) is 2.74. The lowest BCUT2D eigenvalue weighted by Gasteiger charge is -2.21. The van der Waals surface area contributed by atoms with Crippen molar-refractivity contribution in [3.63, 3.8) is 0 Å². The number of hydrogen-bond donors (Lipinski definition) is 1. The fraction of sp³-hybridized carbons (Fsp3) is 0.417. The highest BCUT2D eigenvalue weighted by Gasteiger charge is 2.26. The molecule has 0 atom stereocenters. The second kappa shape index (κ2) is 4.37. The molecule has 2 N–H and O–H groups in total. The maximum atomic E-state index is 12.3. The molecule has 6 heteroatoms. The Hall–Kier alpha value is -1.40. The number of nitrogens with two attached hydrogens (primary N) is 1. The van der Waals surface area contributed by atoms with Gasteiger partial charge in [0.05, 0.1) is 10.6 Å². The number of benzene rings is 1. The summed E-state index contributed by atoms with van der Waals surface area (Å²) in [6, 6.07) is 4.69. The van der Waals surface area contributed by atoms with Crippen molar-refractivity contribution in [3.05, 3.63) is 24.6 Å². The molecule has 0 aliphatic heterocycles. The van der Waals surface area contributed by atoms with E-state index >= 15 is 0 Å². The van der Waals surface area contributed by atoms with Crippen LogP contribution in [0, 0.1) is 5.41 Å². The molecule has 0 unspecified atom stereocenters. The molecule has 0 bridgehead atoms. The molecule has 2 rings (SSSR count). The first-order valence-electron chi connectivity index (χ1n) is 5.60. The highest BCUT2D eigenvalue weighted by molar-refractivity contribution is 7.91. The standard InChI is InChI=1S/C12H16N2O3S/c1-12(2,6-13)7-18(15,16)9-3-4-10-11(5-9)17-8-14-10/h3-5,8H,6-7,13H2,1-2H3. The van der Waals surface area contributed by atoms with Crippen LogP contribution in [-0.4, -0.2) is 25.7 Å². The lowest BCUT2D eigenvalue weighted by atomic mass is 9.97. The molecule has 5 nitrogen and oxygen atoms in total. The highest BCUT2D eigenvalue weighted by Crippen LogP contribution is 2.24. The number of nitrogens with zero attached hydrogens (tertiary/aromatic N) is 1. The summed E-state index contributed by atoms with van der Waals surface area (Å²) in [6.07, 6.45) is 1.30. The normalized spacial score (nSPS) is 13.1. The first-order chi connectivity index (χ1) is 8.34. The number of sulfone groups is 1. The zero-order valence-electron chi connectivity index (χ0n) is 10.4. The zero-order valence-corrected chi connectivity index (χ0v) is 11.2. The molecule has 1 aromatic heterocycles. The van der Waals surface area contributed by atoms with Crippen LogP contribution in [0.1, 0.15) is 13.8 Å². The van der Waals surface area contributed by atoms with Crippen LogP contribution in [-0.2, 0) is 9.84 Å². The van der Waals surface area contributed by atoms with E-state index in [0.29, 0.717) is 17.6 Å². The van der Waals surface area contributed by atoms with Gasteiger partial charge in [0.25, 0.3) is 0 Å². The number of hydrogen-bond acceptors (Lipinski definition) is 5. The Morgan fingerprint density at radius 3 is 2.78 bits per heavy atom. The van der Waals surface area contributed by atoms with E-state index < -0.39 is 15.3 Å². The van der Waals surface area contributed by atoms with E-state index in [1.807, 2.05) is 13.8 Å². The largest absolute Gasteiger partial charge is 0.443 e. The van der Waals surface area contributed by atoms with Gasteiger partial charge in [-0.15, -0.1) is 0 Å². The molecule has 98 valence electrons. The summed E-state index contributed by atoms with van der Waals surface area (Å²) in [5.41, 5.74) is 6.24. The Morgan fingerprint density at radius 2 is 2.11 bits per heavy atom. The molecule has 0 radical (unpaired) electrons. The Labute approximate surface area is 106 Å². The van der Waals surface area contributed by atoms with Gasteiger partial charge in [-0.1, -0.05) is 13.8 Å². The zero-order chi connectivity index (χ0) is 13.4. The van der Waals surface area contributed by atoms with Crippen molar-refractivity contribution < 1.29 is 12.8 Å². The van der Waals surface area contributed by atoms with Crippen molar-refractivity contribution >= 4 is 20.9 Å². The minimum absolute atomic E-state index is 0.0101. The Kier molecular flexibility index (Phi) is 3.16. The Balaban J connectivity index is 2.40. The predicted molar refractivity (Wildman–Crippen MR) is 68.9 cm³/mol. The van der Waals surface area contributed by atoms with E-state index in [9.17, 15) is 8.42 Å². The van der Waals surface area contributed by atoms with Crippen molar-refractivity contribution in [2.45, 2.75) is 18.7 Å². The van der Waals surface area contributed by atoms with Crippen LogP contribution in [0.3, 0.4) is 0 Å². The number of rotatable bonds is 4. The van der Waals surface area contributed by atoms with Gasteiger partial charge in [0, 0.05) is 6.07 Å². The molecular weight excluding hydrogens is 252 g/mol. The number of fused-ring (bicyclic) bond motifs is 1. The summed E-state index contributed by atoms with van der Waals surface area (Å²) in [5.74, 6) is 0.0101. The average molecular weight is 268 g/mol. The van der Waals surface area contributed by atoms with Crippen molar-refractivity contribution in [1.29, 1.82) is 0 Å². The smallest absolute Gasteiger partial charge is 0.181 e. The molecule has 0 aliphatic carbocycles. The van der Waals surface area contributed by atoms with Crippen molar-refractivity contribution in [2.24, 2.45) is 11.1 Å². The predicted octanol–water partition coefficient (Wildman–Crippen LogP) is 1.59. The lowest BCUT2D eigenvalue weighted by molar-refractivity contribution is 0.425. The van der Waals surface area contributed by atoms with E-state index in [1.165, 1.54) is 12.5 Å². The maximum absolute atomic E-state index is 12.3. The Bertz CT molecular complexity index is 659. The molecule has 0 aliphatic rings. The maximum Gasteiger partial charge on any atom is 0.181 e. The summed E-state index contributed by atoms with van der Waals surface area (Å²) in [7, 11) is -3.37. The SMILES string of the molecule is CC(C)(CN)CS(=O)(=O)c1ccc2ncoc2c1. The van der Waals surface area contributed by atoms with Crippen LogP contribution >= 0.6 is 0 Å². The van der Waals surface area contributed by atoms with Crippen LogP contribution in [0.25, 0.3) is 11.1 Å². The van der Waals surface area contributed by atoms with Crippen molar-refractivity contribution in [1.82, 2.24) is 4.98 Å². The third kappa shape index (κ3) is 2.54. The Morgan fingerprint density at radius 1 is 1.39 bits per heavy atom.